The van der Waals surface area contributed by atoms with Crippen LogP contribution in [0.1, 0.15) is 52.4 Å². The van der Waals surface area contributed by atoms with Crippen LogP contribution in [0, 0.1) is 11.3 Å². The van der Waals surface area contributed by atoms with Gasteiger partial charge < -0.3 is 9.84 Å². The number of hydrogen-bond acceptors (Lipinski definition) is 3. The van der Waals surface area contributed by atoms with Crippen molar-refractivity contribution in [2.24, 2.45) is 11.3 Å². The van der Waals surface area contributed by atoms with Crippen LogP contribution in [0.15, 0.2) is 0 Å². The molecular formula is C15H22ClF3O3. The molecule has 0 aromatic carbocycles. The molecule has 0 aliphatic heterocycles. The van der Waals surface area contributed by atoms with E-state index in [2.05, 4.69) is 0 Å². The number of rotatable bonds is 2. The van der Waals surface area contributed by atoms with Gasteiger partial charge in [-0.1, -0.05) is 12.8 Å². The lowest BCUT2D eigenvalue weighted by molar-refractivity contribution is -0.334. The fourth-order valence-corrected chi connectivity index (χ4v) is 4.67. The second-order valence-electron chi connectivity index (χ2n) is 6.65. The van der Waals surface area contributed by atoms with Crippen LogP contribution in [-0.2, 0) is 9.53 Å². The van der Waals surface area contributed by atoms with E-state index in [1.165, 1.54) is 6.92 Å². The fourth-order valence-electron chi connectivity index (χ4n) is 4.17. The first kappa shape index (κ1) is 17.9. The zero-order chi connectivity index (χ0) is 16.8. The number of aliphatic hydroxyl groups is 1. The Morgan fingerprint density at radius 1 is 1.32 bits per heavy atom. The van der Waals surface area contributed by atoms with Crippen molar-refractivity contribution in [3.63, 3.8) is 0 Å². The van der Waals surface area contributed by atoms with Gasteiger partial charge in [0.2, 0.25) is 0 Å². The highest BCUT2D eigenvalue weighted by Gasteiger charge is 2.76. The largest absolute Gasteiger partial charge is 0.465 e. The number of ether oxygens (including phenoxy) is 1. The minimum absolute atomic E-state index is 0.0287. The topological polar surface area (TPSA) is 46.5 Å². The Hall–Kier alpha value is -0.490. The summed E-state index contributed by atoms with van der Waals surface area (Å²) in [5, 5.41) is 10.8. The van der Waals surface area contributed by atoms with Crippen molar-refractivity contribution < 1.29 is 27.8 Å². The summed E-state index contributed by atoms with van der Waals surface area (Å²) in [6.45, 7) is 2.66. The SMILES string of the molecule is CCOC(=O)[C@]1(C)CC[C@@]2(Cl)CCCC[C@@H]2[C@@]1(O)C(F)(F)F. The quantitative estimate of drug-likeness (QED) is 0.613. The second-order valence-corrected chi connectivity index (χ2v) is 7.40. The standard InChI is InChI=1S/C15H22ClF3O3/c1-3-22-11(20)12(2)8-9-13(16)7-5-4-6-10(13)14(12,21)15(17,18)19/h10,21H,3-9H2,1-2H3/t10-,12-,13-,14-/m0/s1. The molecule has 2 rings (SSSR count). The monoisotopic (exact) mass is 342 g/mol. The molecule has 0 amide bonds. The maximum atomic E-state index is 13.8. The van der Waals surface area contributed by atoms with E-state index in [1.807, 2.05) is 0 Å². The zero-order valence-electron chi connectivity index (χ0n) is 12.8. The van der Waals surface area contributed by atoms with Gasteiger partial charge in [-0.15, -0.1) is 11.6 Å². The first-order valence-electron chi connectivity index (χ1n) is 7.68. The van der Waals surface area contributed by atoms with Crippen LogP contribution in [-0.4, -0.2) is 34.3 Å². The third-order valence-corrected chi connectivity index (χ3v) is 6.15. The zero-order valence-corrected chi connectivity index (χ0v) is 13.6. The van der Waals surface area contributed by atoms with Gasteiger partial charge >= 0.3 is 12.1 Å². The minimum Gasteiger partial charge on any atom is -0.465 e. The number of carbonyl (C=O) groups excluding carboxylic acids is 1. The molecule has 3 nitrogen and oxygen atoms in total. The molecule has 0 saturated heterocycles. The highest BCUT2D eigenvalue weighted by Crippen LogP contribution is 2.63. The van der Waals surface area contributed by atoms with Gasteiger partial charge in [0.15, 0.2) is 5.60 Å². The molecule has 4 atom stereocenters. The molecule has 2 saturated carbocycles. The fraction of sp³-hybridized carbons (Fsp3) is 0.933. The van der Waals surface area contributed by atoms with Gasteiger partial charge in [-0.2, -0.15) is 13.2 Å². The number of carbonyl (C=O) groups is 1. The highest BCUT2D eigenvalue weighted by atomic mass is 35.5. The average Bonchev–Trinajstić information content (AvgIpc) is 2.42. The number of halogens is 4. The average molecular weight is 343 g/mol. The molecule has 128 valence electrons. The van der Waals surface area contributed by atoms with Crippen molar-refractivity contribution in [1.29, 1.82) is 0 Å². The maximum Gasteiger partial charge on any atom is 0.418 e. The third-order valence-electron chi connectivity index (χ3n) is 5.50. The van der Waals surface area contributed by atoms with Crippen LogP contribution >= 0.6 is 11.6 Å². The summed E-state index contributed by atoms with van der Waals surface area (Å²) in [7, 11) is 0. The Kier molecular flexibility index (Phi) is 4.50. The van der Waals surface area contributed by atoms with Crippen molar-refractivity contribution in [1.82, 2.24) is 0 Å². The summed E-state index contributed by atoms with van der Waals surface area (Å²) >= 11 is 6.46. The van der Waals surface area contributed by atoms with Crippen molar-refractivity contribution in [3.05, 3.63) is 0 Å². The van der Waals surface area contributed by atoms with Crippen LogP contribution in [0.25, 0.3) is 0 Å². The summed E-state index contributed by atoms with van der Waals surface area (Å²) in [4.78, 5) is 11.1. The number of fused-ring (bicyclic) bond motifs is 1. The van der Waals surface area contributed by atoms with E-state index >= 15 is 0 Å². The molecule has 22 heavy (non-hydrogen) atoms. The molecule has 0 aromatic heterocycles. The molecule has 1 N–H and O–H groups in total. The molecule has 7 heteroatoms. The predicted octanol–water partition coefficient (Wildman–Crippen LogP) is 3.81. The van der Waals surface area contributed by atoms with Gasteiger partial charge in [-0.05, 0) is 39.5 Å². The molecule has 0 aromatic rings. The van der Waals surface area contributed by atoms with Gasteiger partial charge in [0.25, 0.3) is 0 Å². The van der Waals surface area contributed by atoms with E-state index in [4.69, 9.17) is 16.3 Å². The number of alkyl halides is 4. The molecule has 0 spiro atoms. The minimum atomic E-state index is -4.95. The van der Waals surface area contributed by atoms with E-state index in [0.717, 1.165) is 13.3 Å². The Morgan fingerprint density at radius 2 is 1.95 bits per heavy atom. The first-order valence-corrected chi connectivity index (χ1v) is 8.06. The lowest BCUT2D eigenvalue weighted by atomic mass is 9.52. The van der Waals surface area contributed by atoms with Crippen LogP contribution < -0.4 is 0 Å². The van der Waals surface area contributed by atoms with Crippen LogP contribution in [0.2, 0.25) is 0 Å². The third kappa shape index (κ3) is 2.33. The molecule has 2 fully saturated rings. The van der Waals surface area contributed by atoms with Gasteiger partial charge in [0, 0.05) is 5.92 Å². The smallest absolute Gasteiger partial charge is 0.418 e. The van der Waals surface area contributed by atoms with E-state index in [0.29, 0.717) is 12.8 Å². The normalized spacial score (nSPS) is 42.6. The molecule has 0 radical (unpaired) electrons. The van der Waals surface area contributed by atoms with Crippen LogP contribution in [0.3, 0.4) is 0 Å². The summed E-state index contributed by atoms with van der Waals surface area (Å²) in [5.41, 5.74) is -5.19. The summed E-state index contributed by atoms with van der Waals surface area (Å²) in [6, 6.07) is 0. The van der Waals surface area contributed by atoms with Crippen molar-refractivity contribution >= 4 is 17.6 Å². The molecule has 2 aliphatic carbocycles. The van der Waals surface area contributed by atoms with Gasteiger partial charge in [-0.3, -0.25) is 4.79 Å². The lowest BCUT2D eigenvalue weighted by Gasteiger charge is -2.58. The van der Waals surface area contributed by atoms with Crippen molar-refractivity contribution in [2.75, 3.05) is 6.61 Å². The maximum absolute atomic E-state index is 13.8. The Morgan fingerprint density at radius 3 is 2.50 bits per heavy atom. The second kappa shape index (κ2) is 5.55. The van der Waals surface area contributed by atoms with Crippen molar-refractivity contribution in [2.45, 2.75) is 69.0 Å². The van der Waals surface area contributed by atoms with E-state index < -0.39 is 34.0 Å². The molecule has 0 heterocycles. The number of hydrogen-bond donors (Lipinski definition) is 1. The van der Waals surface area contributed by atoms with Crippen LogP contribution in [0.4, 0.5) is 13.2 Å². The van der Waals surface area contributed by atoms with Gasteiger partial charge in [0.05, 0.1) is 11.5 Å². The molecule has 0 bridgehead atoms. The number of esters is 1. The van der Waals surface area contributed by atoms with Gasteiger partial charge in [0.1, 0.15) is 5.41 Å². The Labute approximate surface area is 133 Å². The summed E-state index contributed by atoms with van der Waals surface area (Å²) < 4.78 is 46.4. The Balaban J connectivity index is 2.54. The van der Waals surface area contributed by atoms with Gasteiger partial charge in [-0.25, -0.2) is 0 Å². The molecule has 2 aliphatic rings. The summed E-state index contributed by atoms with van der Waals surface area (Å²) in [6.07, 6.45) is -2.92. The van der Waals surface area contributed by atoms with E-state index in [1.54, 1.807) is 0 Å². The van der Waals surface area contributed by atoms with E-state index in [9.17, 15) is 23.1 Å². The predicted molar refractivity (Wildman–Crippen MR) is 75.5 cm³/mol. The Bertz CT molecular complexity index is 456. The van der Waals surface area contributed by atoms with E-state index in [-0.39, 0.29) is 25.9 Å². The van der Waals surface area contributed by atoms with Crippen molar-refractivity contribution in [3.8, 4) is 0 Å². The molecule has 0 unspecified atom stereocenters. The summed E-state index contributed by atoms with van der Waals surface area (Å²) in [5.74, 6) is -2.20. The first-order chi connectivity index (χ1) is 10.0. The lowest BCUT2D eigenvalue weighted by Crippen LogP contribution is -2.71. The molecular weight excluding hydrogens is 321 g/mol. The van der Waals surface area contributed by atoms with Crippen LogP contribution in [0.5, 0.6) is 0 Å². The highest BCUT2D eigenvalue weighted by molar-refractivity contribution is 6.24.